The van der Waals surface area contributed by atoms with Gasteiger partial charge in [-0.2, -0.15) is 0 Å². The number of hydrogen-bond acceptors (Lipinski definition) is 4. The van der Waals surface area contributed by atoms with Crippen LogP contribution in [0.3, 0.4) is 0 Å². The summed E-state index contributed by atoms with van der Waals surface area (Å²) in [5, 5.41) is 3.44. The van der Waals surface area contributed by atoms with E-state index in [1.807, 2.05) is 12.1 Å². The molecule has 2 aromatic carbocycles. The summed E-state index contributed by atoms with van der Waals surface area (Å²) in [6, 6.07) is 14.2. The van der Waals surface area contributed by atoms with Gasteiger partial charge < -0.3 is 14.8 Å². The Bertz CT molecular complexity index is 755. The summed E-state index contributed by atoms with van der Waals surface area (Å²) in [5.41, 5.74) is 2.69. The Hall–Kier alpha value is -1.57. The minimum atomic E-state index is -4.66. The van der Waals surface area contributed by atoms with Gasteiger partial charge in [0.1, 0.15) is 5.75 Å². The van der Waals surface area contributed by atoms with Gasteiger partial charge in [-0.05, 0) is 72.8 Å². The van der Waals surface area contributed by atoms with Crippen LogP contribution in [0.5, 0.6) is 5.75 Å². The van der Waals surface area contributed by atoms with Gasteiger partial charge in [0.05, 0.1) is 0 Å². The largest absolute Gasteiger partial charge is 0.573 e. The first-order valence-corrected chi connectivity index (χ1v) is 10.00. The number of nitrogens with one attached hydrogen (secondary N) is 2. The third-order valence-electron chi connectivity index (χ3n) is 4.87. The number of piperidine rings is 1. The average Bonchev–Trinajstić information content (AvgIpc) is 3.23. The molecule has 0 unspecified atom stereocenters. The van der Waals surface area contributed by atoms with Gasteiger partial charge in [-0.1, -0.05) is 12.1 Å². The average molecular weight is 417 g/mol. The molecule has 1 saturated heterocycles. The van der Waals surface area contributed by atoms with E-state index >= 15 is 0 Å². The van der Waals surface area contributed by atoms with Crippen LogP contribution in [0.2, 0.25) is 0 Å². The standard InChI is InChI=1S/C18H17F3N2OS.CH3Cl/c19-18(20,21)24-15-5-7-16(8-6-15)25-23-14-3-1-12(2-4-14)17-9-13(17)10-22-11-17;1-2/h1-8,13,22-23H,9-11H2;1H3/t13-,17+;/m1./s1. The number of anilines is 1. The lowest BCUT2D eigenvalue weighted by atomic mass is 9.95. The quantitative estimate of drug-likeness (QED) is 0.503. The predicted molar refractivity (Wildman–Crippen MR) is 103 cm³/mol. The van der Waals surface area contributed by atoms with Crippen molar-refractivity contribution in [3.63, 3.8) is 0 Å². The molecule has 1 saturated carbocycles. The van der Waals surface area contributed by atoms with E-state index in [-0.39, 0.29) is 5.75 Å². The molecule has 0 aromatic heterocycles. The molecule has 0 radical (unpaired) electrons. The van der Waals surface area contributed by atoms with Gasteiger partial charge in [0.15, 0.2) is 0 Å². The maximum absolute atomic E-state index is 12.1. The van der Waals surface area contributed by atoms with Gasteiger partial charge in [-0.25, -0.2) is 0 Å². The van der Waals surface area contributed by atoms with Gasteiger partial charge in [0.2, 0.25) is 0 Å². The fraction of sp³-hybridized carbons (Fsp3) is 0.368. The van der Waals surface area contributed by atoms with E-state index in [4.69, 9.17) is 0 Å². The molecule has 2 aliphatic rings. The van der Waals surface area contributed by atoms with Crippen molar-refractivity contribution in [2.24, 2.45) is 5.92 Å². The first kappa shape index (κ1) is 20.2. The Labute approximate surface area is 165 Å². The second kappa shape index (κ2) is 8.20. The predicted octanol–water partition coefficient (Wildman–Crippen LogP) is 5.42. The molecule has 2 aromatic rings. The monoisotopic (exact) mass is 416 g/mol. The van der Waals surface area contributed by atoms with Crippen molar-refractivity contribution in [2.75, 3.05) is 24.2 Å². The van der Waals surface area contributed by atoms with E-state index in [0.29, 0.717) is 5.41 Å². The van der Waals surface area contributed by atoms with Crippen LogP contribution in [0.25, 0.3) is 0 Å². The highest BCUT2D eigenvalue weighted by molar-refractivity contribution is 8.00. The summed E-state index contributed by atoms with van der Waals surface area (Å²) in [4.78, 5) is 0.805. The molecule has 3 nitrogen and oxygen atoms in total. The Morgan fingerprint density at radius 3 is 2.30 bits per heavy atom. The first-order valence-electron chi connectivity index (χ1n) is 8.42. The van der Waals surface area contributed by atoms with Crippen LogP contribution in [-0.4, -0.2) is 25.8 Å². The summed E-state index contributed by atoms with van der Waals surface area (Å²) >= 11 is 5.99. The summed E-state index contributed by atoms with van der Waals surface area (Å²) in [5.74, 6) is 0.558. The molecule has 1 heterocycles. The topological polar surface area (TPSA) is 33.3 Å². The lowest BCUT2D eigenvalue weighted by Gasteiger charge is -2.13. The van der Waals surface area contributed by atoms with E-state index in [2.05, 4.69) is 38.5 Å². The maximum Gasteiger partial charge on any atom is 0.573 e. The number of halogens is 4. The molecule has 2 N–H and O–H groups in total. The number of ether oxygens (including phenoxy) is 1. The van der Waals surface area contributed by atoms with Gasteiger partial charge in [0, 0.05) is 28.9 Å². The SMILES string of the molecule is CCl.FC(F)(F)Oc1ccc(SNc2ccc([C@]34CNC[C@H]3C4)cc2)cc1. The molecular formula is C19H20ClF3N2OS. The molecule has 27 heavy (non-hydrogen) atoms. The van der Waals surface area contributed by atoms with Gasteiger partial charge in [-0.15, -0.1) is 24.8 Å². The van der Waals surface area contributed by atoms with Crippen LogP contribution in [0, 0.1) is 5.92 Å². The van der Waals surface area contributed by atoms with Crippen LogP contribution < -0.4 is 14.8 Å². The molecule has 0 spiro atoms. The van der Waals surface area contributed by atoms with Gasteiger partial charge in [-0.3, -0.25) is 0 Å². The second-order valence-corrected chi connectivity index (χ2v) is 7.37. The molecule has 1 aliphatic carbocycles. The van der Waals surface area contributed by atoms with E-state index in [1.54, 1.807) is 12.1 Å². The van der Waals surface area contributed by atoms with E-state index in [9.17, 15) is 13.2 Å². The van der Waals surface area contributed by atoms with Crippen molar-refractivity contribution < 1.29 is 17.9 Å². The normalized spacial score (nSPS) is 23.1. The van der Waals surface area contributed by atoms with Crippen LogP contribution in [0.15, 0.2) is 53.4 Å². The highest BCUT2D eigenvalue weighted by Crippen LogP contribution is 2.56. The zero-order valence-corrected chi connectivity index (χ0v) is 16.2. The molecule has 2 fully saturated rings. The third kappa shape index (κ3) is 4.83. The minimum absolute atomic E-state index is 0.218. The summed E-state index contributed by atoms with van der Waals surface area (Å²) < 4.78 is 43.5. The van der Waals surface area contributed by atoms with E-state index < -0.39 is 6.36 Å². The fourth-order valence-electron chi connectivity index (χ4n) is 3.49. The van der Waals surface area contributed by atoms with Crippen LogP contribution in [-0.2, 0) is 5.41 Å². The Balaban J connectivity index is 0.00000102. The van der Waals surface area contributed by atoms with Crippen molar-refractivity contribution in [3.8, 4) is 5.75 Å². The molecule has 0 amide bonds. The van der Waals surface area contributed by atoms with Crippen LogP contribution >= 0.6 is 23.5 Å². The van der Waals surface area contributed by atoms with E-state index in [0.717, 1.165) is 29.6 Å². The highest BCUT2D eigenvalue weighted by Gasteiger charge is 2.57. The lowest BCUT2D eigenvalue weighted by molar-refractivity contribution is -0.274. The van der Waals surface area contributed by atoms with Crippen molar-refractivity contribution >= 4 is 29.2 Å². The Morgan fingerprint density at radius 1 is 1.11 bits per heavy atom. The zero-order chi connectivity index (χ0) is 19.5. The van der Waals surface area contributed by atoms with Gasteiger partial charge in [0.25, 0.3) is 0 Å². The maximum atomic E-state index is 12.1. The smallest absolute Gasteiger partial charge is 0.406 e. The molecular weight excluding hydrogens is 397 g/mol. The van der Waals surface area contributed by atoms with Crippen molar-refractivity contribution in [3.05, 3.63) is 54.1 Å². The number of hydrogen-bond donors (Lipinski definition) is 2. The molecule has 4 rings (SSSR count). The molecule has 146 valence electrons. The Morgan fingerprint density at radius 2 is 1.78 bits per heavy atom. The van der Waals surface area contributed by atoms with Crippen LogP contribution in [0.4, 0.5) is 18.9 Å². The number of alkyl halides is 4. The number of benzene rings is 2. The minimum Gasteiger partial charge on any atom is -0.406 e. The number of rotatable bonds is 5. The van der Waals surface area contributed by atoms with Crippen molar-refractivity contribution in [1.82, 2.24) is 5.32 Å². The van der Waals surface area contributed by atoms with Crippen LogP contribution in [0.1, 0.15) is 12.0 Å². The van der Waals surface area contributed by atoms with Gasteiger partial charge >= 0.3 is 6.36 Å². The summed E-state index contributed by atoms with van der Waals surface area (Å²) in [6.45, 7) is 2.18. The third-order valence-corrected chi connectivity index (χ3v) is 5.71. The van der Waals surface area contributed by atoms with E-state index in [1.165, 1.54) is 42.4 Å². The van der Waals surface area contributed by atoms with Crippen molar-refractivity contribution in [2.45, 2.75) is 23.1 Å². The second-order valence-electron chi connectivity index (χ2n) is 6.49. The zero-order valence-electron chi connectivity index (χ0n) is 14.6. The highest BCUT2D eigenvalue weighted by atomic mass is 35.5. The number of fused-ring (bicyclic) bond motifs is 1. The molecule has 0 bridgehead atoms. The lowest BCUT2D eigenvalue weighted by Crippen LogP contribution is -2.19. The summed E-state index contributed by atoms with van der Waals surface area (Å²) in [6.07, 6.45) is -1.92. The molecule has 8 heteroatoms. The molecule has 2 atom stereocenters. The fourth-order valence-corrected chi connectivity index (χ4v) is 4.13. The van der Waals surface area contributed by atoms with Crippen molar-refractivity contribution in [1.29, 1.82) is 0 Å². The molecule has 1 aliphatic heterocycles. The summed E-state index contributed by atoms with van der Waals surface area (Å²) in [7, 11) is 0. The Kier molecular flexibility index (Phi) is 6.13. The first-order chi connectivity index (χ1) is 12.9.